The van der Waals surface area contributed by atoms with E-state index >= 15 is 0 Å². The number of nitrogens with zero attached hydrogens (tertiary/aromatic N) is 3. The maximum Gasteiger partial charge on any atom is 0.276 e. The van der Waals surface area contributed by atoms with Crippen molar-refractivity contribution >= 4 is 6.34 Å². The van der Waals surface area contributed by atoms with E-state index in [1.165, 1.54) is 6.34 Å². The molecule has 78 valence electrons. The summed E-state index contributed by atoms with van der Waals surface area (Å²) in [6, 6.07) is 0.362. The minimum absolute atomic E-state index is 0.311. The van der Waals surface area contributed by atoms with Gasteiger partial charge in [0, 0.05) is 20.1 Å². The Hall–Kier alpha value is -1.59. The molecule has 0 bridgehead atoms. The second kappa shape index (κ2) is 4.59. The monoisotopic (exact) mass is 198 g/mol. The molecule has 0 heterocycles. The number of nitrogens with one attached hydrogen (secondary N) is 1. The molecule has 6 nitrogen and oxygen atoms in total. The standard InChI is InChI=1S/C8H14N4O2/c1-11(2)6-9-8(5-12(13)14)10-7-3-4-7/h5-7,10H,3-4H2,1-2H3/b8-5+,9-6?. The highest BCUT2D eigenvalue weighted by Crippen LogP contribution is 2.20. The van der Waals surface area contributed by atoms with Crippen molar-refractivity contribution in [1.82, 2.24) is 10.2 Å². The number of hydrogen-bond acceptors (Lipinski definition) is 4. The van der Waals surface area contributed by atoms with E-state index in [0.717, 1.165) is 19.0 Å². The topological polar surface area (TPSA) is 70.8 Å². The van der Waals surface area contributed by atoms with Gasteiger partial charge in [-0.05, 0) is 12.8 Å². The Morgan fingerprint density at radius 1 is 1.64 bits per heavy atom. The molecule has 0 aromatic rings. The second-order valence-electron chi connectivity index (χ2n) is 3.43. The molecule has 1 fully saturated rings. The SMILES string of the molecule is CN(C)C=N/C(=C\[N+](=O)[O-])NC1CC1. The molecule has 0 aromatic carbocycles. The molecule has 0 unspecified atom stereocenters. The quantitative estimate of drug-likeness (QED) is 0.300. The van der Waals surface area contributed by atoms with Crippen molar-refractivity contribution in [3.8, 4) is 0 Å². The molecule has 1 aliphatic rings. The van der Waals surface area contributed by atoms with Gasteiger partial charge in [-0.1, -0.05) is 0 Å². The minimum atomic E-state index is -0.502. The summed E-state index contributed by atoms with van der Waals surface area (Å²) in [4.78, 5) is 15.4. The number of hydrogen-bond donors (Lipinski definition) is 1. The lowest BCUT2D eigenvalue weighted by atomic mass is 10.6. The molecule has 1 N–H and O–H groups in total. The van der Waals surface area contributed by atoms with Crippen LogP contribution in [0.4, 0.5) is 0 Å². The van der Waals surface area contributed by atoms with Crippen molar-refractivity contribution < 1.29 is 4.92 Å². The van der Waals surface area contributed by atoms with E-state index in [9.17, 15) is 10.1 Å². The van der Waals surface area contributed by atoms with Crippen molar-refractivity contribution in [1.29, 1.82) is 0 Å². The van der Waals surface area contributed by atoms with Gasteiger partial charge in [0.1, 0.15) is 0 Å². The first-order valence-electron chi connectivity index (χ1n) is 4.40. The highest BCUT2D eigenvalue weighted by molar-refractivity contribution is 5.55. The molecular weight excluding hydrogens is 184 g/mol. The predicted octanol–water partition coefficient (Wildman–Crippen LogP) is 0.404. The lowest BCUT2D eigenvalue weighted by Gasteiger charge is -2.04. The zero-order valence-electron chi connectivity index (χ0n) is 8.30. The van der Waals surface area contributed by atoms with Crippen LogP contribution >= 0.6 is 0 Å². The lowest BCUT2D eigenvalue weighted by molar-refractivity contribution is -0.403. The molecule has 0 radical (unpaired) electrons. The van der Waals surface area contributed by atoms with Gasteiger partial charge in [-0.25, -0.2) is 4.99 Å². The minimum Gasteiger partial charge on any atom is -0.369 e. The molecule has 0 amide bonds. The summed E-state index contributed by atoms with van der Waals surface area (Å²) in [5.41, 5.74) is 0. The first-order valence-corrected chi connectivity index (χ1v) is 4.40. The van der Waals surface area contributed by atoms with Crippen molar-refractivity contribution in [2.24, 2.45) is 4.99 Å². The van der Waals surface area contributed by atoms with Gasteiger partial charge < -0.3 is 10.2 Å². The summed E-state index contributed by atoms with van der Waals surface area (Å²) >= 11 is 0. The lowest BCUT2D eigenvalue weighted by Crippen LogP contribution is -2.17. The van der Waals surface area contributed by atoms with Crippen LogP contribution in [0.1, 0.15) is 12.8 Å². The van der Waals surface area contributed by atoms with Crippen molar-refractivity contribution in [2.45, 2.75) is 18.9 Å². The Morgan fingerprint density at radius 2 is 2.29 bits per heavy atom. The third-order valence-corrected chi connectivity index (χ3v) is 1.58. The van der Waals surface area contributed by atoms with Gasteiger partial charge in [-0.15, -0.1) is 0 Å². The van der Waals surface area contributed by atoms with Gasteiger partial charge in [0.05, 0.1) is 11.3 Å². The van der Waals surface area contributed by atoms with E-state index in [2.05, 4.69) is 10.3 Å². The van der Waals surface area contributed by atoms with Crippen LogP contribution in [0.15, 0.2) is 17.0 Å². The fourth-order valence-electron chi connectivity index (χ4n) is 0.822. The normalized spacial score (nSPS) is 17.1. The summed E-state index contributed by atoms with van der Waals surface area (Å²) < 4.78 is 0. The van der Waals surface area contributed by atoms with Gasteiger partial charge in [-0.3, -0.25) is 10.1 Å². The maximum absolute atomic E-state index is 10.3. The smallest absolute Gasteiger partial charge is 0.276 e. The Balaban J connectivity index is 2.55. The van der Waals surface area contributed by atoms with E-state index in [4.69, 9.17) is 0 Å². The van der Waals surface area contributed by atoms with Crippen molar-refractivity contribution in [3.05, 3.63) is 22.1 Å². The Labute approximate surface area is 82.5 Å². The zero-order chi connectivity index (χ0) is 10.6. The first kappa shape index (κ1) is 10.5. The molecule has 0 saturated heterocycles. The number of rotatable bonds is 5. The van der Waals surface area contributed by atoms with Gasteiger partial charge >= 0.3 is 0 Å². The molecular formula is C8H14N4O2. The van der Waals surface area contributed by atoms with Crippen LogP contribution in [0.3, 0.4) is 0 Å². The first-order chi connectivity index (χ1) is 6.58. The van der Waals surface area contributed by atoms with Crippen LogP contribution in [0.2, 0.25) is 0 Å². The van der Waals surface area contributed by atoms with Gasteiger partial charge in [0.15, 0.2) is 5.82 Å². The molecule has 1 rings (SSSR count). The molecule has 0 aliphatic heterocycles. The summed E-state index contributed by atoms with van der Waals surface area (Å²) in [6.07, 6.45) is 4.54. The van der Waals surface area contributed by atoms with Gasteiger partial charge in [0.2, 0.25) is 0 Å². The molecule has 6 heteroatoms. The highest BCUT2D eigenvalue weighted by atomic mass is 16.6. The van der Waals surface area contributed by atoms with Gasteiger partial charge in [0.25, 0.3) is 6.20 Å². The molecule has 0 atom stereocenters. The van der Waals surface area contributed by atoms with Crippen LogP contribution in [-0.4, -0.2) is 36.3 Å². The fourth-order valence-corrected chi connectivity index (χ4v) is 0.822. The maximum atomic E-state index is 10.3. The van der Waals surface area contributed by atoms with Crippen molar-refractivity contribution in [2.75, 3.05) is 14.1 Å². The summed E-state index contributed by atoms with van der Waals surface area (Å²) in [6.45, 7) is 0. The molecule has 14 heavy (non-hydrogen) atoms. The van der Waals surface area contributed by atoms with E-state index in [1.54, 1.807) is 4.90 Å². The van der Waals surface area contributed by atoms with Crippen LogP contribution < -0.4 is 5.32 Å². The summed E-state index contributed by atoms with van der Waals surface area (Å²) in [7, 11) is 3.62. The Morgan fingerprint density at radius 3 is 2.71 bits per heavy atom. The fraction of sp³-hybridized carbons (Fsp3) is 0.625. The highest BCUT2D eigenvalue weighted by Gasteiger charge is 2.22. The summed E-state index contributed by atoms with van der Waals surface area (Å²) in [5.74, 6) is 0.311. The molecule has 0 aromatic heterocycles. The van der Waals surface area contributed by atoms with E-state index < -0.39 is 4.92 Å². The van der Waals surface area contributed by atoms with Crippen LogP contribution in [-0.2, 0) is 0 Å². The second-order valence-corrected chi connectivity index (χ2v) is 3.43. The molecule has 1 aliphatic carbocycles. The third kappa shape index (κ3) is 4.44. The van der Waals surface area contributed by atoms with E-state index in [-0.39, 0.29) is 0 Å². The Bertz CT molecular complexity index is 269. The average molecular weight is 198 g/mol. The largest absolute Gasteiger partial charge is 0.369 e. The van der Waals surface area contributed by atoms with Crippen LogP contribution in [0.5, 0.6) is 0 Å². The predicted molar refractivity (Wildman–Crippen MR) is 53.4 cm³/mol. The van der Waals surface area contributed by atoms with Crippen LogP contribution in [0.25, 0.3) is 0 Å². The zero-order valence-corrected chi connectivity index (χ0v) is 8.30. The molecule has 1 saturated carbocycles. The third-order valence-electron chi connectivity index (χ3n) is 1.58. The van der Waals surface area contributed by atoms with Crippen LogP contribution in [0, 0.1) is 10.1 Å². The number of aliphatic imine (C=N–C) groups is 1. The molecule has 0 spiro atoms. The van der Waals surface area contributed by atoms with Crippen molar-refractivity contribution in [3.63, 3.8) is 0 Å². The average Bonchev–Trinajstić information content (AvgIpc) is 2.83. The van der Waals surface area contributed by atoms with Gasteiger partial charge in [-0.2, -0.15) is 0 Å². The summed E-state index contributed by atoms with van der Waals surface area (Å²) in [5, 5.41) is 13.2. The van der Waals surface area contributed by atoms with E-state index in [0.29, 0.717) is 11.9 Å². The number of nitro groups is 1. The van der Waals surface area contributed by atoms with E-state index in [1.807, 2.05) is 14.1 Å². The Kier molecular flexibility index (Phi) is 3.44.